The van der Waals surface area contributed by atoms with Crippen LogP contribution in [0.4, 0.5) is 10.1 Å². The SMILES string of the molecule is CC(C)N(Cc1ccccc1)c1cncc(C(=O)NCCc2ccccc2F)c1. The highest BCUT2D eigenvalue weighted by Crippen LogP contribution is 2.20. The molecule has 0 fully saturated rings. The molecule has 2 aromatic carbocycles. The van der Waals surface area contributed by atoms with Gasteiger partial charge in [0.1, 0.15) is 5.82 Å². The molecule has 3 rings (SSSR count). The van der Waals surface area contributed by atoms with E-state index >= 15 is 0 Å². The van der Waals surface area contributed by atoms with Gasteiger partial charge >= 0.3 is 0 Å². The lowest BCUT2D eigenvalue weighted by molar-refractivity contribution is 0.0953. The second kappa shape index (κ2) is 9.82. The number of pyridine rings is 1. The fourth-order valence-electron chi connectivity index (χ4n) is 3.18. The molecule has 0 aliphatic rings. The van der Waals surface area contributed by atoms with Crippen molar-refractivity contribution in [3.05, 3.63) is 95.6 Å². The predicted molar refractivity (Wildman–Crippen MR) is 114 cm³/mol. The van der Waals surface area contributed by atoms with Gasteiger partial charge in [0.05, 0.1) is 17.4 Å². The molecule has 3 aromatic rings. The first-order chi connectivity index (χ1) is 14.0. The Balaban J connectivity index is 1.67. The fourth-order valence-corrected chi connectivity index (χ4v) is 3.18. The van der Waals surface area contributed by atoms with E-state index in [1.807, 2.05) is 24.3 Å². The van der Waals surface area contributed by atoms with Crippen molar-refractivity contribution >= 4 is 11.6 Å². The van der Waals surface area contributed by atoms with E-state index in [0.717, 1.165) is 12.2 Å². The molecule has 0 saturated heterocycles. The van der Waals surface area contributed by atoms with Crippen LogP contribution in [0.3, 0.4) is 0 Å². The Kier molecular flexibility index (Phi) is 6.95. The first kappa shape index (κ1) is 20.5. The quantitative estimate of drug-likeness (QED) is 0.610. The van der Waals surface area contributed by atoms with E-state index in [0.29, 0.717) is 24.1 Å². The number of benzene rings is 2. The molecule has 4 nitrogen and oxygen atoms in total. The van der Waals surface area contributed by atoms with Crippen LogP contribution in [0.1, 0.15) is 35.3 Å². The van der Waals surface area contributed by atoms with Gasteiger partial charge in [-0.05, 0) is 43.5 Å². The van der Waals surface area contributed by atoms with E-state index in [-0.39, 0.29) is 17.8 Å². The minimum Gasteiger partial charge on any atom is -0.364 e. The predicted octanol–water partition coefficient (Wildman–Crippen LogP) is 4.61. The highest BCUT2D eigenvalue weighted by Gasteiger charge is 2.14. The monoisotopic (exact) mass is 391 g/mol. The molecular formula is C24H26FN3O. The van der Waals surface area contributed by atoms with Crippen LogP contribution in [-0.2, 0) is 13.0 Å². The highest BCUT2D eigenvalue weighted by atomic mass is 19.1. The minimum absolute atomic E-state index is 0.209. The molecule has 0 atom stereocenters. The van der Waals surface area contributed by atoms with Crippen molar-refractivity contribution < 1.29 is 9.18 Å². The molecule has 150 valence electrons. The Labute approximate surface area is 171 Å². The number of hydrogen-bond acceptors (Lipinski definition) is 3. The van der Waals surface area contributed by atoms with Crippen molar-refractivity contribution in [1.82, 2.24) is 10.3 Å². The largest absolute Gasteiger partial charge is 0.364 e. The van der Waals surface area contributed by atoms with Gasteiger partial charge in [-0.3, -0.25) is 9.78 Å². The van der Waals surface area contributed by atoms with Crippen molar-refractivity contribution in [1.29, 1.82) is 0 Å². The van der Waals surface area contributed by atoms with Crippen LogP contribution >= 0.6 is 0 Å². The maximum atomic E-state index is 13.7. The van der Waals surface area contributed by atoms with Crippen LogP contribution in [0.5, 0.6) is 0 Å². The summed E-state index contributed by atoms with van der Waals surface area (Å²) in [5.41, 5.74) is 3.18. The van der Waals surface area contributed by atoms with E-state index in [4.69, 9.17) is 0 Å². The van der Waals surface area contributed by atoms with Gasteiger partial charge in [0, 0.05) is 25.3 Å². The van der Waals surface area contributed by atoms with Gasteiger partial charge in [0.25, 0.3) is 5.91 Å². The normalized spacial score (nSPS) is 10.8. The molecule has 1 heterocycles. The van der Waals surface area contributed by atoms with Gasteiger partial charge in [0.15, 0.2) is 0 Å². The minimum atomic E-state index is -0.251. The van der Waals surface area contributed by atoms with Crippen molar-refractivity contribution in [2.24, 2.45) is 0 Å². The Hall–Kier alpha value is -3.21. The summed E-state index contributed by atoms with van der Waals surface area (Å²) >= 11 is 0. The lowest BCUT2D eigenvalue weighted by Gasteiger charge is -2.29. The van der Waals surface area contributed by atoms with E-state index in [9.17, 15) is 9.18 Å². The van der Waals surface area contributed by atoms with Gasteiger partial charge in [-0.25, -0.2) is 4.39 Å². The first-order valence-electron chi connectivity index (χ1n) is 9.82. The van der Waals surface area contributed by atoms with Crippen LogP contribution < -0.4 is 10.2 Å². The van der Waals surface area contributed by atoms with Crippen LogP contribution in [0, 0.1) is 5.82 Å². The van der Waals surface area contributed by atoms with E-state index in [2.05, 4.69) is 41.2 Å². The number of carbonyl (C=O) groups excluding carboxylic acids is 1. The molecule has 5 heteroatoms. The Morgan fingerprint density at radius 3 is 2.52 bits per heavy atom. The smallest absolute Gasteiger partial charge is 0.252 e. The number of nitrogens with zero attached hydrogens (tertiary/aromatic N) is 2. The summed E-state index contributed by atoms with van der Waals surface area (Å²) in [6.07, 6.45) is 3.78. The number of halogens is 1. The molecule has 1 N–H and O–H groups in total. The fraction of sp³-hybridized carbons (Fsp3) is 0.250. The molecule has 0 radical (unpaired) electrons. The molecule has 1 amide bonds. The number of aromatic nitrogens is 1. The van der Waals surface area contributed by atoms with E-state index in [1.165, 1.54) is 11.6 Å². The second-order valence-corrected chi connectivity index (χ2v) is 7.24. The molecular weight excluding hydrogens is 365 g/mol. The van der Waals surface area contributed by atoms with E-state index in [1.54, 1.807) is 30.6 Å². The van der Waals surface area contributed by atoms with Gasteiger partial charge < -0.3 is 10.2 Å². The molecule has 0 aliphatic heterocycles. The van der Waals surface area contributed by atoms with E-state index < -0.39 is 0 Å². The third-order valence-corrected chi connectivity index (χ3v) is 4.77. The van der Waals surface area contributed by atoms with Gasteiger partial charge in [-0.1, -0.05) is 48.5 Å². The van der Waals surface area contributed by atoms with Crippen LogP contribution in [0.15, 0.2) is 73.1 Å². The van der Waals surface area contributed by atoms with Crippen molar-refractivity contribution in [2.75, 3.05) is 11.4 Å². The summed E-state index contributed by atoms with van der Waals surface area (Å²) < 4.78 is 13.7. The Morgan fingerprint density at radius 2 is 1.79 bits per heavy atom. The van der Waals surface area contributed by atoms with Crippen molar-refractivity contribution in [3.8, 4) is 0 Å². The number of hydrogen-bond donors (Lipinski definition) is 1. The number of carbonyl (C=O) groups is 1. The second-order valence-electron chi connectivity index (χ2n) is 7.24. The summed E-state index contributed by atoms with van der Waals surface area (Å²) in [6.45, 7) is 5.33. The Bertz CT molecular complexity index is 944. The highest BCUT2D eigenvalue weighted by molar-refractivity contribution is 5.94. The maximum absolute atomic E-state index is 13.7. The average molecular weight is 391 g/mol. The number of anilines is 1. The summed E-state index contributed by atoms with van der Waals surface area (Å²) in [4.78, 5) is 19.0. The third kappa shape index (κ3) is 5.64. The average Bonchev–Trinajstić information content (AvgIpc) is 2.74. The number of nitrogens with one attached hydrogen (secondary N) is 1. The zero-order valence-corrected chi connectivity index (χ0v) is 16.8. The summed E-state index contributed by atoms with van der Waals surface area (Å²) in [5.74, 6) is -0.460. The zero-order valence-electron chi connectivity index (χ0n) is 16.8. The molecule has 29 heavy (non-hydrogen) atoms. The standard InChI is InChI=1S/C24H26FN3O/c1-18(2)28(17-19-8-4-3-5-9-19)22-14-21(15-26-16-22)24(29)27-13-12-20-10-6-7-11-23(20)25/h3-11,14-16,18H,12-13,17H2,1-2H3,(H,27,29). The lowest BCUT2D eigenvalue weighted by atomic mass is 10.1. The molecule has 0 aliphatic carbocycles. The lowest BCUT2D eigenvalue weighted by Crippen LogP contribution is -2.31. The summed E-state index contributed by atoms with van der Waals surface area (Å²) in [7, 11) is 0. The number of amides is 1. The molecule has 0 unspecified atom stereocenters. The Morgan fingerprint density at radius 1 is 1.07 bits per heavy atom. The van der Waals surface area contributed by atoms with Gasteiger partial charge in [0.2, 0.25) is 0 Å². The topological polar surface area (TPSA) is 45.2 Å². The molecule has 0 spiro atoms. The van der Waals surface area contributed by atoms with Crippen molar-refractivity contribution in [2.45, 2.75) is 32.9 Å². The van der Waals surface area contributed by atoms with Gasteiger partial charge in [-0.15, -0.1) is 0 Å². The van der Waals surface area contributed by atoms with Gasteiger partial charge in [-0.2, -0.15) is 0 Å². The van der Waals surface area contributed by atoms with Crippen molar-refractivity contribution in [3.63, 3.8) is 0 Å². The molecule has 0 saturated carbocycles. The van der Waals surface area contributed by atoms with Crippen LogP contribution in [-0.4, -0.2) is 23.5 Å². The maximum Gasteiger partial charge on any atom is 0.252 e. The third-order valence-electron chi connectivity index (χ3n) is 4.77. The first-order valence-corrected chi connectivity index (χ1v) is 9.82. The van der Waals surface area contributed by atoms with Crippen LogP contribution in [0.25, 0.3) is 0 Å². The van der Waals surface area contributed by atoms with Crippen LogP contribution in [0.2, 0.25) is 0 Å². The summed E-state index contributed by atoms with van der Waals surface area (Å²) in [6, 6.07) is 18.9. The summed E-state index contributed by atoms with van der Waals surface area (Å²) in [5, 5.41) is 2.86. The number of rotatable bonds is 8. The zero-order chi connectivity index (χ0) is 20.6. The molecule has 0 bridgehead atoms. The molecule has 1 aromatic heterocycles.